The van der Waals surface area contributed by atoms with Crippen molar-refractivity contribution in [3.05, 3.63) is 94.0 Å². The van der Waals surface area contributed by atoms with Gasteiger partial charge in [0.1, 0.15) is 5.60 Å². The molecule has 0 N–H and O–H groups in total. The summed E-state index contributed by atoms with van der Waals surface area (Å²) >= 11 is 0. The zero-order valence-corrected chi connectivity index (χ0v) is 32.0. The molecule has 3 amide bonds. The molecule has 278 valence electrons. The van der Waals surface area contributed by atoms with E-state index in [9.17, 15) is 19.2 Å². The summed E-state index contributed by atoms with van der Waals surface area (Å²) in [4.78, 5) is 62.8. The fourth-order valence-electron chi connectivity index (χ4n) is 7.48. The number of rotatable bonds is 7. The van der Waals surface area contributed by atoms with E-state index in [1.165, 1.54) is 17.4 Å². The van der Waals surface area contributed by atoms with Crippen molar-refractivity contribution in [2.75, 3.05) is 19.8 Å². The van der Waals surface area contributed by atoms with E-state index >= 15 is 0 Å². The van der Waals surface area contributed by atoms with Crippen LogP contribution in [0.2, 0.25) is 0 Å². The molecule has 0 atom stereocenters. The molecule has 10 heteroatoms. The van der Waals surface area contributed by atoms with Crippen LogP contribution in [0, 0.1) is 0 Å². The fraction of sp³-hybridized carbons (Fsp3) is 0.419. The molecular formula is C43H50N4O6. The van der Waals surface area contributed by atoms with Crippen molar-refractivity contribution in [2.45, 2.75) is 98.9 Å². The Kier molecular flexibility index (Phi) is 11.0. The number of pyridine rings is 1. The third-order valence-electron chi connectivity index (χ3n) is 10.1. The van der Waals surface area contributed by atoms with Crippen molar-refractivity contribution in [1.29, 1.82) is 0 Å². The number of carbonyl (C=O) groups excluding carboxylic acids is 4. The van der Waals surface area contributed by atoms with Gasteiger partial charge < -0.3 is 19.3 Å². The maximum Gasteiger partial charge on any atom is 0.410 e. The molecule has 53 heavy (non-hydrogen) atoms. The Morgan fingerprint density at radius 1 is 1.02 bits per heavy atom. The molecule has 4 heterocycles. The van der Waals surface area contributed by atoms with Crippen LogP contribution in [0.25, 0.3) is 28.1 Å². The van der Waals surface area contributed by atoms with Crippen LogP contribution < -0.4 is 0 Å². The highest BCUT2D eigenvalue weighted by atomic mass is 16.6. The van der Waals surface area contributed by atoms with Gasteiger partial charge in [-0.15, -0.1) is 0 Å². The number of aromatic nitrogens is 1. The van der Waals surface area contributed by atoms with Crippen molar-refractivity contribution in [3.8, 4) is 11.1 Å². The van der Waals surface area contributed by atoms with Crippen LogP contribution in [0.4, 0.5) is 4.79 Å². The Bertz CT molecular complexity index is 2050. The van der Waals surface area contributed by atoms with Gasteiger partial charge in [-0.25, -0.2) is 9.78 Å². The third-order valence-corrected chi connectivity index (χ3v) is 10.1. The smallest absolute Gasteiger partial charge is 0.410 e. The zero-order chi connectivity index (χ0) is 38.0. The van der Waals surface area contributed by atoms with Crippen molar-refractivity contribution in [1.82, 2.24) is 19.7 Å². The van der Waals surface area contributed by atoms with Crippen molar-refractivity contribution in [3.63, 3.8) is 0 Å². The number of fused-ring (bicyclic) bond motifs is 2. The number of carbonyl (C=O) groups is 4. The average Bonchev–Trinajstić information content (AvgIpc) is 3.38. The van der Waals surface area contributed by atoms with E-state index in [0.717, 1.165) is 46.9 Å². The number of benzene rings is 2. The summed E-state index contributed by atoms with van der Waals surface area (Å²) in [6, 6.07) is 14.3. The van der Waals surface area contributed by atoms with Gasteiger partial charge in [0.25, 0.3) is 0 Å². The number of hydrogen-bond donors (Lipinski definition) is 0. The van der Waals surface area contributed by atoms with E-state index in [2.05, 4.69) is 24.3 Å². The van der Waals surface area contributed by atoms with Gasteiger partial charge in [0.2, 0.25) is 17.6 Å². The van der Waals surface area contributed by atoms with Gasteiger partial charge in [-0.1, -0.05) is 31.2 Å². The number of hydrogen-bond acceptors (Lipinski definition) is 7. The summed E-state index contributed by atoms with van der Waals surface area (Å²) < 4.78 is 11.5. The second-order valence-electron chi connectivity index (χ2n) is 15.0. The van der Waals surface area contributed by atoms with Gasteiger partial charge in [0, 0.05) is 63.7 Å². The monoisotopic (exact) mass is 718 g/mol. The minimum absolute atomic E-state index is 0.0204. The highest BCUT2D eigenvalue weighted by Gasteiger charge is 2.35. The predicted molar refractivity (Wildman–Crippen MR) is 205 cm³/mol. The second kappa shape index (κ2) is 15.5. The summed E-state index contributed by atoms with van der Waals surface area (Å²) in [6.07, 6.45) is 7.70. The lowest BCUT2D eigenvalue weighted by atomic mass is 9.92. The summed E-state index contributed by atoms with van der Waals surface area (Å²) in [5.74, 6) is -0.403. The number of ether oxygens (including phenoxy) is 2. The highest BCUT2D eigenvalue weighted by molar-refractivity contribution is 6.17. The predicted octanol–water partition coefficient (Wildman–Crippen LogP) is 7.73. The number of nitrogens with zero attached hydrogens (tertiary/aromatic N) is 4. The van der Waals surface area contributed by atoms with Gasteiger partial charge in [-0.05, 0) is 118 Å². The Balaban J connectivity index is 1.48. The van der Waals surface area contributed by atoms with Gasteiger partial charge in [0.15, 0.2) is 0 Å². The molecule has 1 saturated heterocycles. The average molecular weight is 719 g/mol. The SMILES string of the molecule is C/C=C\C1=C(CC)C(=O)/C(=C/c2cc(-c3ccc4c(c3)CN(C(C)=O)CC4)c3cc(CN(C(=O)OC(C)(C)C)C4CCOCC4)ccc3n2)N1C(C)=O. The first kappa shape index (κ1) is 37.7. The summed E-state index contributed by atoms with van der Waals surface area (Å²) in [5, 5.41) is 0.878. The minimum Gasteiger partial charge on any atom is -0.444 e. The lowest BCUT2D eigenvalue weighted by molar-refractivity contribution is -0.129. The fourth-order valence-corrected chi connectivity index (χ4v) is 7.48. The maximum absolute atomic E-state index is 13.8. The van der Waals surface area contributed by atoms with Gasteiger partial charge in [0.05, 0.1) is 22.6 Å². The van der Waals surface area contributed by atoms with E-state index in [0.29, 0.717) is 61.7 Å². The van der Waals surface area contributed by atoms with E-state index < -0.39 is 5.60 Å². The molecule has 0 bridgehead atoms. The number of amides is 3. The molecule has 0 saturated carbocycles. The first-order valence-corrected chi connectivity index (χ1v) is 18.6. The molecule has 10 nitrogen and oxygen atoms in total. The van der Waals surface area contributed by atoms with E-state index in [1.807, 2.05) is 68.7 Å². The summed E-state index contributed by atoms with van der Waals surface area (Å²) in [5.41, 5.74) is 7.08. The van der Waals surface area contributed by atoms with Gasteiger partial charge in [-0.3, -0.25) is 19.3 Å². The van der Waals surface area contributed by atoms with Crippen LogP contribution in [0.1, 0.15) is 90.1 Å². The topological polar surface area (TPSA) is 109 Å². The van der Waals surface area contributed by atoms with Crippen molar-refractivity contribution < 1.29 is 28.7 Å². The number of Topliss-reactive ketones (excluding diaryl/α,β-unsaturated/α-hetero) is 1. The van der Waals surface area contributed by atoms with Crippen LogP contribution in [-0.2, 0) is 43.4 Å². The molecule has 0 unspecified atom stereocenters. The molecule has 1 fully saturated rings. The maximum atomic E-state index is 13.8. The molecule has 1 aromatic heterocycles. The van der Waals surface area contributed by atoms with Gasteiger partial charge in [-0.2, -0.15) is 0 Å². The second-order valence-corrected chi connectivity index (χ2v) is 15.0. The van der Waals surface area contributed by atoms with E-state index in [-0.39, 0.29) is 35.4 Å². The van der Waals surface area contributed by atoms with E-state index in [4.69, 9.17) is 14.5 Å². The minimum atomic E-state index is -0.643. The molecule has 6 rings (SSSR count). The Hall–Kier alpha value is -5.09. The Morgan fingerprint density at radius 2 is 1.77 bits per heavy atom. The largest absolute Gasteiger partial charge is 0.444 e. The van der Waals surface area contributed by atoms with Crippen LogP contribution in [-0.4, -0.2) is 74.8 Å². The molecule has 0 aliphatic carbocycles. The highest BCUT2D eigenvalue weighted by Crippen LogP contribution is 2.36. The molecule has 3 aliphatic rings. The summed E-state index contributed by atoms with van der Waals surface area (Å²) in [7, 11) is 0. The van der Waals surface area contributed by atoms with Crippen LogP contribution in [0.5, 0.6) is 0 Å². The van der Waals surface area contributed by atoms with Crippen LogP contribution in [0.3, 0.4) is 0 Å². The van der Waals surface area contributed by atoms with Crippen LogP contribution >= 0.6 is 0 Å². The molecule has 2 aromatic carbocycles. The van der Waals surface area contributed by atoms with Crippen molar-refractivity contribution >= 4 is 40.7 Å². The quantitative estimate of drug-likeness (QED) is 0.230. The third kappa shape index (κ3) is 8.13. The Labute approximate surface area is 312 Å². The first-order chi connectivity index (χ1) is 25.3. The van der Waals surface area contributed by atoms with Crippen LogP contribution in [0.15, 0.2) is 71.6 Å². The molecule has 0 spiro atoms. The molecule has 0 radical (unpaired) electrons. The standard InChI is InChI=1S/C43H50N4O6/c1-8-10-39-35(9-2)41(50)40(47(39)28(4)49)24-33-23-36(31-13-12-30-15-18-45(27(3)48)26-32(30)22-31)37-21-29(11-14-38(37)44-33)25-46(34-16-19-52-20-17-34)42(51)53-43(5,6)7/h8,10-14,21-24,34H,9,15-20,25-26H2,1-7H3/b10-8-,40-24-. The van der Waals surface area contributed by atoms with Crippen molar-refractivity contribution in [2.24, 2.45) is 0 Å². The lowest BCUT2D eigenvalue weighted by Gasteiger charge is -2.35. The normalized spacial score (nSPS) is 17.6. The van der Waals surface area contributed by atoms with E-state index in [1.54, 1.807) is 19.1 Å². The zero-order valence-electron chi connectivity index (χ0n) is 32.0. The summed E-state index contributed by atoms with van der Waals surface area (Å²) in [6.45, 7) is 15.2. The molecule has 3 aromatic rings. The molecule has 3 aliphatic heterocycles. The lowest BCUT2D eigenvalue weighted by Crippen LogP contribution is -2.45. The molecular weight excluding hydrogens is 668 g/mol. The first-order valence-electron chi connectivity index (χ1n) is 18.6. The Morgan fingerprint density at radius 3 is 2.43 bits per heavy atom. The van der Waals surface area contributed by atoms with Gasteiger partial charge >= 0.3 is 6.09 Å². The number of ketones is 1. The number of allylic oxidation sites excluding steroid dienone is 3.